The summed E-state index contributed by atoms with van der Waals surface area (Å²) in [5.41, 5.74) is 3.01. The number of nitrogens with zero attached hydrogens (tertiary/aromatic N) is 2. The molecule has 7 heteroatoms. The minimum atomic E-state index is -0.379. The van der Waals surface area contributed by atoms with E-state index in [0.29, 0.717) is 28.7 Å². The number of aromatic amines is 1. The first-order chi connectivity index (χ1) is 11.5. The molecule has 1 fully saturated rings. The molecular weight excluding hydrogens is 324 g/mol. The number of nitrogens with one attached hydrogen (secondary N) is 2. The minimum absolute atomic E-state index is 0.116. The molecule has 0 bridgehead atoms. The normalized spacial score (nSPS) is 13.5. The Morgan fingerprint density at radius 3 is 2.92 bits per heavy atom. The van der Waals surface area contributed by atoms with E-state index < -0.39 is 0 Å². The topological polar surface area (TPSA) is 98.6 Å². The number of hydrogen-bond donors (Lipinski definition) is 2. The zero-order valence-corrected chi connectivity index (χ0v) is 14.4. The standard InChI is InChI=1S/C17H18N4O2S/c1-9-12(10(2)19-16(23)13(9)7-18)5-6-15(22)21-17-20-14(8-24-17)11-3-4-11/h8,11H,3-6H2,1-2H3,(H,19,23)(H,20,21,22). The number of aromatic nitrogens is 2. The monoisotopic (exact) mass is 342 g/mol. The van der Waals surface area contributed by atoms with Gasteiger partial charge in [-0.1, -0.05) is 0 Å². The van der Waals surface area contributed by atoms with Crippen LogP contribution in [-0.2, 0) is 11.2 Å². The Bertz CT molecular complexity index is 887. The third-order valence-corrected chi connectivity index (χ3v) is 5.06. The number of H-pyrrole nitrogens is 1. The van der Waals surface area contributed by atoms with Gasteiger partial charge in [-0.2, -0.15) is 5.26 Å². The molecule has 2 heterocycles. The predicted octanol–water partition coefficient (Wildman–Crippen LogP) is 2.77. The van der Waals surface area contributed by atoms with Crippen molar-refractivity contribution < 1.29 is 4.79 Å². The van der Waals surface area contributed by atoms with Crippen LogP contribution < -0.4 is 10.9 Å². The lowest BCUT2D eigenvalue weighted by molar-refractivity contribution is -0.116. The number of thiazole rings is 1. The van der Waals surface area contributed by atoms with E-state index in [1.807, 2.05) is 11.4 Å². The lowest BCUT2D eigenvalue weighted by Gasteiger charge is -2.10. The SMILES string of the molecule is Cc1[nH]c(=O)c(C#N)c(C)c1CCC(=O)Nc1nc(C2CC2)cs1. The summed E-state index contributed by atoms with van der Waals surface area (Å²) in [5, 5.41) is 14.5. The average Bonchev–Trinajstić information content (AvgIpc) is 3.27. The molecule has 6 nitrogen and oxygen atoms in total. The Hall–Kier alpha value is -2.46. The summed E-state index contributed by atoms with van der Waals surface area (Å²) >= 11 is 1.45. The highest BCUT2D eigenvalue weighted by atomic mass is 32.1. The van der Waals surface area contributed by atoms with Gasteiger partial charge in [-0.05, 0) is 44.2 Å². The molecule has 0 radical (unpaired) electrons. The summed E-state index contributed by atoms with van der Waals surface area (Å²) in [4.78, 5) is 31.0. The maximum absolute atomic E-state index is 12.1. The molecule has 0 aliphatic heterocycles. The molecule has 1 amide bonds. The molecule has 1 aliphatic carbocycles. The van der Waals surface area contributed by atoms with E-state index in [9.17, 15) is 9.59 Å². The third kappa shape index (κ3) is 3.39. The Kier molecular flexibility index (Phi) is 4.49. The zero-order valence-electron chi connectivity index (χ0n) is 13.6. The second kappa shape index (κ2) is 6.57. The number of nitriles is 1. The van der Waals surface area contributed by atoms with Gasteiger partial charge in [0.05, 0.1) is 5.69 Å². The molecule has 1 aliphatic rings. The number of pyridine rings is 1. The summed E-state index contributed by atoms with van der Waals surface area (Å²) in [6.07, 6.45) is 3.11. The Balaban J connectivity index is 1.65. The Morgan fingerprint density at radius 1 is 1.50 bits per heavy atom. The maximum Gasteiger partial charge on any atom is 0.266 e. The van der Waals surface area contributed by atoms with Crippen molar-refractivity contribution in [3.8, 4) is 6.07 Å². The number of carbonyl (C=O) groups is 1. The van der Waals surface area contributed by atoms with Crippen LogP contribution in [0.4, 0.5) is 5.13 Å². The summed E-state index contributed by atoms with van der Waals surface area (Å²) in [6.45, 7) is 3.53. The molecule has 2 aromatic rings. The van der Waals surface area contributed by atoms with Gasteiger partial charge in [0.2, 0.25) is 5.91 Å². The van der Waals surface area contributed by atoms with E-state index in [0.717, 1.165) is 11.3 Å². The van der Waals surface area contributed by atoms with Crippen molar-refractivity contribution in [1.82, 2.24) is 9.97 Å². The van der Waals surface area contributed by atoms with Crippen molar-refractivity contribution in [1.29, 1.82) is 5.26 Å². The van der Waals surface area contributed by atoms with Crippen molar-refractivity contribution in [3.63, 3.8) is 0 Å². The number of aryl methyl sites for hydroxylation is 1. The molecule has 0 saturated heterocycles. The number of rotatable bonds is 5. The minimum Gasteiger partial charge on any atom is -0.325 e. The van der Waals surface area contributed by atoms with Gasteiger partial charge in [0.15, 0.2) is 5.13 Å². The van der Waals surface area contributed by atoms with Crippen LogP contribution in [0.15, 0.2) is 10.2 Å². The van der Waals surface area contributed by atoms with Gasteiger partial charge >= 0.3 is 0 Å². The van der Waals surface area contributed by atoms with Gasteiger partial charge in [0.25, 0.3) is 5.56 Å². The number of anilines is 1. The molecule has 0 unspecified atom stereocenters. The van der Waals surface area contributed by atoms with Crippen molar-refractivity contribution in [3.05, 3.63) is 43.8 Å². The van der Waals surface area contributed by atoms with Crippen LogP contribution in [0.5, 0.6) is 0 Å². The van der Waals surface area contributed by atoms with Crippen molar-refractivity contribution in [2.45, 2.75) is 45.4 Å². The maximum atomic E-state index is 12.1. The van der Waals surface area contributed by atoms with E-state index >= 15 is 0 Å². The zero-order chi connectivity index (χ0) is 17.3. The van der Waals surface area contributed by atoms with E-state index in [2.05, 4.69) is 15.3 Å². The van der Waals surface area contributed by atoms with Crippen LogP contribution in [0.3, 0.4) is 0 Å². The number of hydrogen-bond acceptors (Lipinski definition) is 5. The van der Waals surface area contributed by atoms with Crippen LogP contribution in [-0.4, -0.2) is 15.9 Å². The van der Waals surface area contributed by atoms with Crippen LogP contribution >= 0.6 is 11.3 Å². The van der Waals surface area contributed by atoms with Gasteiger partial charge in [0.1, 0.15) is 11.6 Å². The van der Waals surface area contributed by atoms with Crippen molar-refractivity contribution in [2.75, 3.05) is 5.32 Å². The fourth-order valence-electron chi connectivity index (χ4n) is 2.75. The highest BCUT2D eigenvalue weighted by Gasteiger charge is 2.26. The first kappa shape index (κ1) is 16.4. The van der Waals surface area contributed by atoms with Crippen molar-refractivity contribution >= 4 is 22.4 Å². The molecule has 0 atom stereocenters. The number of amides is 1. The highest BCUT2D eigenvalue weighted by Crippen LogP contribution is 2.40. The van der Waals surface area contributed by atoms with Gasteiger partial charge < -0.3 is 10.3 Å². The van der Waals surface area contributed by atoms with E-state index in [1.165, 1.54) is 24.2 Å². The fourth-order valence-corrected chi connectivity index (χ4v) is 3.56. The second-order valence-corrected chi connectivity index (χ2v) is 6.93. The van der Waals surface area contributed by atoms with E-state index in [-0.39, 0.29) is 23.5 Å². The smallest absolute Gasteiger partial charge is 0.266 e. The van der Waals surface area contributed by atoms with Gasteiger partial charge in [-0.3, -0.25) is 9.59 Å². The molecule has 0 aromatic carbocycles. The summed E-state index contributed by atoms with van der Waals surface area (Å²) in [6, 6.07) is 1.93. The summed E-state index contributed by atoms with van der Waals surface area (Å²) in [5.74, 6) is 0.456. The van der Waals surface area contributed by atoms with E-state index in [1.54, 1.807) is 13.8 Å². The summed E-state index contributed by atoms with van der Waals surface area (Å²) < 4.78 is 0. The highest BCUT2D eigenvalue weighted by molar-refractivity contribution is 7.13. The quantitative estimate of drug-likeness (QED) is 0.873. The second-order valence-electron chi connectivity index (χ2n) is 6.07. The van der Waals surface area contributed by atoms with Crippen LogP contribution in [0.2, 0.25) is 0 Å². The molecule has 24 heavy (non-hydrogen) atoms. The van der Waals surface area contributed by atoms with Crippen LogP contribution in [0, 0.1) is 25.2 Å². The first-order valence-electron chi connectivity index (χ1n) is 7.87. The molecule has 124 valence electrons. The molecular formula is C17H18N4O2S. The predicted molar refractivity (Wildman–Crippen MR) is 92.3 cm³/mol. The average molecular weight is 342 g/mol. The molecule has 3 rings (SSSR count). The third-order valence-electron chi connectivity index (χ3n) is 4.29. The lowest BCUT2D eigenvalue weighted by atomic mass is 9.99. The summed E-state index contributed by atoms with van der Waals surface area (Å²) in [7, 11) is 0. The van der Waals surface area contributed by atoms with Crippen molar-refractivity contribution in [2.24, 2.45) is 0 Å². The fraction of sp³-hybridized carbons (Fsp3) is 0.412. The Morgan fingerprint density at radius 2 is 2.25 bits per heavy atom. The molecule has 2 aromatic heterocycles. The molecule has 1 saturated carbocycles. The number of carbonyl (C=O) groups excluding carboxylic acids is 1. The van der Waals surface area contributed by atoms with Crippen LogP contribution in [0.25, 0.3) is 0 Å². The van der Waals surface area contributed by atoms with Crippen LogP contribution in [0.1, 0.15) is 53.3 Å². The van der Waals surface area contributed by atoms with Gasteiger partial charge in [-0.15, -0.1) is 11.3 Å². The first-order valence-corrected chi connectivity index (χ1v) is 8.75. The lowest BCUT2D eigenvalue weighted by Crippen LogP contribution is -2.18. The van der Waals surface area contributed by atoms with Gasteiger partial charge in [-0.25, -0.2) is 4.98 Å². The van der Waals surface area contributed by atoms with E-state index in [4.69, 9.17) is 5.26 Å². The van der Waals surface area contributed by atoms with Gasteiger partial charge in [0, 0.05) is 23.4 Å². The Labute approximate surface area is 143 Å². The molecule has 2 N–H and O–H groups in total. The molecule has 0 spiro atoms. The largest absolute Gasteiger partial charge is 0.325 e.